The predicted molar refractivity (Wildman–Crippen MR) is 86.4 cm³/mol. The number of anilines is 1. The molecular weight excluding hydrogens is 314 g/mol. The van der Waals surface area contributed by atoms with Gasteiger partial charge in [-0.1, -0.05) is 18.2 Å². The normalized spacial score (nSPS) is 11.6. The van der Waals surface area contributed by atoms with Gasteiger partial charge in [-0.3, -0.25) is 9.48 Å². The third-order valence-corrected chi connectivity index (χ3v) is 3.16. The van der Waals surface area contributed by atoms with Crippen molar-refractivity contribution < 1.29 is 19.4 Å². The lowest BCUT2D eigenvalue weighted by Gasteiger charge is -2.15. The third-order valence-electron chi connectivity index (χ3n) is 3.16. The number of aliphatic hydroxyl groups is 1. The van der Waals surface area contributed by atoms with Gasteiger partial charge in [0.1, 0.15) is 12.3 Å². The van der Waals surface area contributed by atoms with E-state index in [2.05, 4.69) is 15.7 Å². The van der Waals surface area contributed by atoms with Gasteiger partial charge in [-0.2, -0.15) is 5.10 Å². The summed E-state index contributed by atoms with van der Waals surface area (Å²) in [6, 6.07) is 6.50. The van der Waals surface area contributed by atoms with Crippen molar-refractivity contribution >= 4 is 17.6 Å². The molecule has 3 amide bonds. The predicted octanol–water partition coefficient (Wildman–Crippen LogP) is 0.232. The molecule has 0 bridgehead atoms. The van der Waals surface area contributed by atoms with Gasteiger partial charge in [0.2, 0.25) is 5.91 Å². The summed E-state index contributed by atoms with van der Waals surface area (Å²) in [6.07, 6.45) is 1.95. The second-order valence-electron chi connectivity index (χ2n) is 4.99. The molecule has 0 unspecified atom stereocenters. The summed E-state index contributed by atoms with van der Waals surface area (Å²) in [5.41, 5.74) is 6.04. The molecule has 0 fully saturated rings. The SMILES string of the molecule is COc1ccccc1[C@@H](O)CNC(=O)Nc1cnn(CC(N)=O)c1. The minimum Gasteiger partial charge on any atom is -0.496 e. The Morgan fingerprint density at radius 2 is 2.17 bits per heavy atom. The summed E-state index contributed by atoms with van der Waals surface area (Å²) in [6.45, 7) is -0.0720. The molecule has 1 heterocycles. The van der Waals surface area contributed by atoms with Gasteiger partial charge in [-0.25, -0.2) is 4.79 Å². The number of aromatic nitrogens is 2. The maximum atomic E-state index is 11.8. The van der Waals surface area contributed by atoms with E-state index < -0.39 is 18.0 Å². The Labute approximate surface area is 138 Å². The number of urea groups is 1. The van der Waals surface area contributed by atoms with Gasteiger partial charge < -0.3 is 26.2 Å². The van der Waals surface area contributed by atoms with E-state index in [1.807, 2.05) is 0 Å². The Morgan fingerprint density at radius 1 is 1.42 bits per heavy atom. The average molecular weight is 333 g/mol. The van der Waals surface area contributed by atoms with Crippen LogP contribution >= 0.6 is 0 Å². The van der Waals surface area contributed by atoms with Crippen molar-refractivity contribution in [1.29, 1.82) is 0 Å². The Bertz CT molecular complexity index is 715. The van der Waals surface area contributed by atoms with Crippen LogP contribution in [0.4, 0.5) is 10.5 Å². The van der Waals surface area contributed by atoms with E-state index in [0.29, 0.717) is 17.0 Å². The summed E-state index contributed by atoms with van der Waals surface area (Å²) in [4.78, 5) is 22.6. The number of rotatable bonds is 7. The van der Waals surface area contributed by atoms with Crippen LogP contribution in [0.5, 0.6) is 5.75 Å². The van der Waals surface area contributed by atoms with Crippen molar-refractivity contribution in [3.05, 3.63) is 42.2 Å². The van der Waals surface area contributed by atoms with Crippen molar-refractivity contribution in [2.24, 2.45) is 5.73 Å². The maximum absolute atomic E-state index is 11.8. The van der Waals surface area contributed by atoms with E-state index >= 15 is 0 Å². The first-order chi connectivity index (χ1) is 11.5. The van der Waals surface area contributed by atoms with Crippen LogP contribution in [0.2, 0.25) is 0 Å². The Balaban J connectivity index is 1.86. The molecule has 1 aromatic carbocycles. The van der Waals surface area contributed by atoms with Gasteiger partial charge in [-0.05, 0) is 6.07 Å². The molecule has 5 N–H and O–H groups in total. The number of carbonyl (C=O) groups is 2. The van der Waals surface area contributed by atoms with E-state index in [1.165, 1.54) is 24.2 Å². The maximum Gasteiger partial charge on any atom is 0.319 e. The number of nitrogens with zero attached hydrogens (tertiary/aromatic N) is 2. The lowest BCUT2D eigenvalue weighted by atomic mass is 10.1. The third kappa shape index (κ3) is 4.71. The Hall–Kier alpha value is -3.07. The van der Waals surface area contributed by atoms with E-state index in [9.17, 15) is 14.7 Å². The molecule has 1 aromatic heterocycles. The first kappa shape index (κ1) is 17.3. The number of amides is 3. The van der Waals surface area contributed by atoms with Crippen molar-refractivity contribution in [2.45, 2.75) is 12.6 Å². The number of hydrogen-bond acceptors (Lipinski definition) is 5. The summed E-state index contributed by atoms with van der Waals surface area (Å²) < 4.78 is 6.47. The number of aliphatic hydroxyl groups excluding tert-OH is 1. The van der Waals surface area contributed by atoms with Gasteiger partial charge in [0.25, 0.3) is 0 Å². The highest BCUT2D eigenvalue weighted by Crippen LogP contribution is 2.23. The van der Waals surface area contributed by atoms with Crippen molar-refractivity contribution in [2.75, 3.05) is 19.0 Å². The molecule has 0 spiro atoms. The lowest BCUT2D eigenvalue weighted by molar-refractivity contribution is -0.118. The smallest absolute Gasteiger partial charge is 0.319 e. The molecule has 9 nitrogen and oxygen atoms in total. The van der Waals surface area contributed by atoms with Crippen LogP contribution in [-0.4, -0.2) is 40.5 Å². The van der Waals surface area contributed by atoms with Crippen molar-refractivity contribution in [3.8, 4) is 5.75 Å². The highest BCUT2D eigenvalue weighted by atomic mass is 16.5. The molecule has 0 radical (unpaired) electrons. The van der Waals surface area contributed by atoms with Crippen LogP contribution in [0.15, 0.2) is 36.7 Å². The number of para-hydroxylation sites is 1. The van der Waals surface area contributed by atoms with Gasteiger partial charge in [0, 0.05) is 18.3 Å². The first-order valence-corrected chi connectivity index (χ1v) is 7.16. The number of ether oxygens (including phenoxy) is 1. The monoisotopic (exact) mass is 333 g/mol. The molecule has 2 rings (SSSR count). The summed E-state index contributed by atoms with van der Waals surface area (Å²) in [7, 11) is 1.51. The van der Waals surface area contributed by atoms with Gasteiger partial charge >= 0.3 is 6.03 Å². The zero-order valence-corrected chi connectivity index (χ0v) is 13.1. The van der Waals surface area contributed by atoms with Crippen molar-refractivity contribution in [1.82, 2.24) is 15.1 Å². The van der Waals surface area contributed by atoms with Crippen LogP contribution in [-0.2, 0) is 11.3 Å². The second kappa shape index (κ2) is 7.97. The quantitative estimate of drug-likeness (QED) is 0.576. The second-order valence-corrected chi connectivity index (χ2v) is 4.99. The standard InChI is InChI=1S/C15H19N5O4/c1-24-13-5-3-2-4-11(13)12(21)7-17-15(23)19-10-6-18-20(8-10)9-14(16)22/h2-6,8,12,21H,7,9H2,1H3,(H2,16,22)(H2,17,19,23)/t12-/m0/s1. The molecule has 0 saturated heterocycles. The van der Waals surface area contributed by atoms with Crippen LogP contribution in [0.1, 0.15) is 11.7 Å². The molecule has 0 aliphatic heterocycles. The summed E-state index contributed by atoms with van der Waals surface area (Å²) in [5, 5.41) is 19.1. The largest absolute Gasteiger partial charge is 0.496 e. The van der Waals surface area contributed by atoms with E-state index in [-0.39, 0.29) is 13.1 Å². The number of methoxy groups -OCH3 is 1. The fraction of sp³-hybridized carbons (Fsp3) is 0.267. The van der Waals surface area contributed by atoms with Gasteiger partial charge in [0.05, 0.1) is 25.1 Å². The number of carbonyl (C=O) groups excluding carboxylic acids is 2. The molecule has 0 aliphatic carbocycles. The molecule has 24 heavy (non-hydrogen) atoms. The number of nitrogens with one attached hydrogen (secondary N) is 2. The Kier molecular flexibility index (Phi) is 5.74. The topological polar surface area (TPSA) is 132 Å². The molecule has 0 aliphatic rings. The highest BCUT2D eigenvalue weighted by Gasteiger charge is 2.14. The van der Waals surface area contributed by atoms with Crippen LogP contribution < -0.4 is 21.1 Å². The Morgan fingerprint density at radius 3 is 2.88 bits per heavy atom. The summed E-state index contributed by atoms with van der Waals surface area (Å²) >= 11 is 0. The van der Waals surface area contributed by atoms with Crippen LogP contribution in [0, 0.1) is 0 Å². The average Bonchev–Trinajstić information content (AvgIpc) is 2.98. The zero-order chi connectivity index (χ0) is 17.5. The minimum atomic E-state index is -0.913. The van der Waals surface area contributed by atoms with Crippen LogP contribution in [0.25, 0.3) is 0 Å². The molecule has 1 atom stereocenters. The molecular formula is C15H19N5O4. The minimum absolute atomic E-state index is 0.00162. The number of hydrogen-bond donors (Lipinski definition) is 4. The van der Waals surface area contributed by atoms with E-state index in [4.69, 9.17) is 10.5 Å². The van der Waals surface area contributed by atoms with Crippen molar-refractivity contribution in [3.63, 3.8) is 0 Å². The molecule has 9 heteroatoms. The van der Waals surface area contributed by atoms with Crippen LogP contribution in [0.3, 0.4) is 0 Å². The molecule has 128 valence electrons. The van der Waals surface area contributed by atoms with Gasteiger partial charge in [-0.15, -0.1) is 0 Å². The lowest BCUT2D eigenvalue weighted by Crippen LogP contribution is -2.32. The molecule has 2 aromatic rings. The fourth-order valence-electron chi connectivity index (χ4n) is 2.09. The first-order valence-electron chi connectivity index (χ1n) is 7.16. The number of primary amides is 1. The van der Waals surface area contributed by atoms with E-state index in [1.54, 1.807) is 24.3 Å². The van der Waals surface area contributed by atoms with E-state index in [0.717, 1.165) is 0 Å². The zero-order valence-electron chi connectivity index (χ0n) is 13.1. The van der Waals surface area contributed by atoms with Gasteiger partial charge in [0.15, 0.2) is 0 Å². The number of benzene rings is 1. The number of nitrogens with two attached hydrogens (primary N) is 1. The highest BCUT2D eigenvalue weighted by molar-refractivity contribution is 5.88. The molecule has 0 saturated carbocycles. The fourth-order valence-corrected chi connectivity index (χ4v) is 2.09. The summed E-state index contributed by atoms with van der Waals surface area (Å²) in [5.74, 6) is 0.00830.